The molecule has 2 heterocycles. The Morgan fingerprint density at radius 2 is 1.78 bits per heavy atom. The van der Waals surface area contributed by atoms with Crippen molar-refractivity contribution in [1.82, 2.24) is 14.4 Å². The average molecular weight is 444 g/mol. The largest absolute Gasteiger partial charge is 0.342 e. The summed E-state index contributed by atoms with van der Waals surface area (Å²) >= 11 is 0. The summed E-state index contributed by atoms with van der Waals surface area (Å²) in [7, 11) is 2.23. The molecule has 1 spiro atoms. The van der Waals surface area contributed by atoms with Crippen LogP contribution >= 0.6 is 0 Å². The molecule has 32 heavy (non-hydrogen) atoms. The first-order chi connectivity index (χ1) is 15.2. The summed E-state index contributed by atoms with van der Waals surface area (Å²) < 4.78 is 1.85. The van der Waals surface area contributed by atoms with Gasteiger partial charge in [0.05, 0.1) is 0 Å². The minimum absolute atomic E-state index is 0.119. The number of pyridine rings is 1. The number of likely N-dealkylation sites (tertiary alicyclic amines) is 1. The highest BCUT2D eigenvalue weighted by Crippen LogP contribution is 2.46. The van der Waals surface area contributed by atoms with Crippen molar-refractivity contribution in [3.8, 4) is 0 Å². The maximum atomic E-state index is 12.3. The third kappa shape index (κ3) is 6.46. The maximum absolute atomic E-state index is 12.3. The van der Waals surface area contributed by atoms with E-state index in [2.05, 4.69) is 36.8 Å². The summed E-state index contributed by atoms with van der Waals surface area (Å²) in [6.45, 7) is 13.2. The Bertz CT molecular complexity index is 795. The van der Waals surface area contributed by atoms with Crippen LogP contribution in [0.25, 0.3) is 0 Å². The van der Waals surface area contributed by atoms with E-state index in [1.807, 2.05) is 24.6 Å². The van der Waals surface area contributed by atoms with Gasteiger partial charge >= 0.3 is 0 Å². The van der Waals surface area contributed by atoms with Crippen LogP contribution in [0.4, 0.5) is 0 Å². The Kier molecular flexibility index (Phi) is 8.60. The van der Waals surface area contributed by atoms with Crippen LogP contribution in [-0.2, 0) is 11.3 Å². The maximum Gasteiger partial charge on any atom is 0.250 e. The van der Waals surface area contributed by atoms with Gasteiger partial charge in [-0.15, -0.1) is 0 Å². The molecule has 5 heteroatoms. The monoisotopic (exact) mass is 443 g/mol. The van der Waals surface area contributed by atoms with Crippen LogP contribution in [0.2, 0.25) is 0 Å². The molecule has 1 aliphatic carbocycles. The second-order valence-electron chi connectivity index (χ2n) is 11.2. The molecule has 5 nitrogen and oxygen atoms in total. The van der Waals surface area contributed by atoms with Gasteiger partial charge in [0.15, 0.2) is 0 Å². The van der Waals surface area contributed by atoms with Crippen LogP contribution < -0.4 is 5.56 Å². The fraction of sp³-hybridized carbons (Fsp3) is 0.778. The summed E-state index contributed by atoms with van der Waals surface area (Å²) in [5, 5.41) is 0. The number of aryl methyl sites for hydroxylation is 1. The van der Waals surface area contributed by atoms with Crippen LogP contribution in [0.5, 0.6) is 0 Å². The van der Waals surface area contributed by atoms with Crippen molar-refractivity contribution < 1.29 is 4.79 Å². The lowest BCUT2D eigenvalue weighted by atomic mass is 9.65. The van der Waals surface area contributed by atoms with E-state index in [1.54, 1.807) is 6.07 Å². The number of rotatable bonds is 8. The van der Waals surface area contributed by atoms with Gasteiger partial charge in [0.2, 0.25) is 5.91 Å². The Morgan fingerprint density at radius 3 is 2.34 bits per heavy atom. The Balaban J connectivity index is 1.37. The lowest BCUT2D eigenvalue weighted by Gasteiger charge is -2.46. The molecule has 2 fully saturated rings. The molecule has 1 aromatic heterocycles. The first-order valence-corrected chi connectivity index (χ1v) is 12.9. The van der Waals surface area contributed by atoms with Crippen molar-refractivity contribution in [3.05, 3.63) is 34.2 Å². The van der Waals surface area contributed by atoms with E-state index < -0.39 is 0 Å². The lowest BCUT2D eigenvalue weighted by Crippen LogP contribution is -2.46. The van der Waals surface area contributed by atoms with Gasteiger partial charge in [-0.3, -0.25) is 9.59 Å². The minimum atomic E-state index is 0.119. The van der Waals surface area contributed by atoms with Gasteiger partial charge in [-0.2, -0.15) is 0 Å². The summed E-state index contributed by atoms with van der Waals surface area (Å²) in [6.07, 6.45) is 10.6. The summed E-state index contributed by atoms with van der Waals surface area (Å²) in [5.41, 5.74) is 1.74. The van der Waals surface area contributed by atoms with E-state index in [4.69, 9.17) is 0 Å². The topological polar surface area (TPSA) is 45.6 Å². The number of carbonyl (C=O) groups excluding carboxylic acids is 1. The zero-order chi connectivity index (χ0) is 23.3. The quantitative estimate of drug-likeness (QED) is 0.582. The third-order valence-electron chi connectivity index (χ3n) is 7.99. The van der Waals surface area contributed by atoms with Crippen molar-refractivity contribution in [1.29, 1.82) is 0 Å². The zero-order valence-electron chi connectivity index (χ0n) is 21.1. The zero-order valence-corrected chi connectivity index (χ0v) is 21.1. The molecule has 3 rings (SSSR count). The van der Waals surface area contributed by atoms with Gasteiger partial charge in [-0.1, -0.05) is 27.7 Å². The Morgan fingerprint density at radius 1 is 1.12 bits per heavy atom. The van der Waals surface area contributed by atoms with Crippen molar-refractivity contribution in [2.75, 3.05) is 33.2 Å². The van der Waals surface area contributed by atoms with Crippen LogP contribution in [0.1, 0.15) is 84.1 Å². The Hall–Kier alpha value is -1.62. The molecule has 2 aliphatic rings. The molecule has 1 saturated carbocycles. The molecule has 0 atom stereocenters. The normalized spacial score (nSPS) is 19.4. The lowest BCUT2D eigenvalue weighted by molar-refractivity contribution is -0.137. The van der Waals surface area contributed by atoms with Crippen molar-refractivity contribution in [2.24, 2.45) is 17.3 Å². The van der Waals surface area contributed by atoms with Crippen molar-refractivity contribution >= 4 is 5.91 Å². The predicted octanol–water partition coefficient (Wildman–Crippen LogP) is 4.75. The van der Waals surface area contributed by atoms with E-state index in [9.17, 15) is 9.59 Å². The van der Waals surface area contributed by atoms with Gasteiger partial charge in [0, 0.05) is 44.4 Å². The fourth-order valence-corrected chi connectivity index (χ4v) is 5.65. The van der Waals surface area contributed by atoms with E-state index in [-0.39, 0.29) is 11.5 Å². The van der Waals surface area contributed by atoms with Crippen molar-refractivity contribution in [3.63, 3.8) is 0 Å². The number of hydrogen-bond acceptors (Lipinski definition) is 3. The molecular weight excluding hydrogens is 398 g/mol. The van der Waals surface area contributed by atoms with Gasteiger partial charge in [-0.25, -0.2) is 0 Å². The molecule has 0 bridgehead atoms. The molecule has 1 saturated heterocycles. The van der Waals surface area contributed by atoms with E-state index in [1.165, 1.54) is 38.5 Å². The second-order valence-corrected chi connectivity index (χ2v) is 11.2. The molecule has 0 N–H and O–H groups in total. The molecule has 1 aliphatic heterocycles. The van der Waals surface area contributed by atoms with Gasteiger partial charge in [0.1, 0.15) is 0 Å². The number of amides is 1. The molecule has 0 aromatic carbocycles. The predicted molar refractivity (Wildman–Crippen MR) is 132 cm³/mol. The molecular formula is C27H45N3O2. The van der Waals surface area contributed by atoms with Gasteiger partial charge < -0.3 is 14.4 Å². The third-order valence-corrected chi connectivity index (χ3v) is 7.99. The number of hydrogen-bond donors (Lipinski definition) is 0. The standard InChI is InChI=1S/C27H45N3O2/c1-21(2)24-9-16-29(25(31)19-24)15-6-14-28(5)20-23-7-10-27(11-8-23)12-17-30(18-13-27)26(32)22(3)4/h9,16,19,21-23H,6-8,10-15,17-18,20H2,1-5H3. The fourth-order valence-electron chi connectivity index (χ4n) is 5.65. The van der Waals surface area contributed by atoms with Crippen molar-refractivity contribution in [2.45, 2.75) is 85.1 Å². The minimum Gasteiger partial charge on any atom is -0.342 e. The van der Waals surface area contributed by atoms with Crippen LogP contribution in [-0.4, -0.2) is 53.5 Å². The molecule has 180 valence electrons. The highest BCUT2D eigenvalue weighted by Gasteiger charge is 2.39. The first-order valence-electron chi connectivity index (χ1n) is 12.9. The smallest absolute Gasteiger partial charge is 0.250 e. The van der Waals surface area contributed by atoms with Crippen LogP contribution in [0.15, 0.2) is 23.1 Å². The molecule has 0 unspecified atom stereocenters. The number of piperidine rings is 1. The average Bonchev–Trinajstić information content (AvgIpc) is 2.76. The van der Waals surface area contributed by atoms with Crippen LogP contribution in [0, 0.1) is 17.3 Å². The number of aromatic nitrogens is 1. The van der Waals surface area contributed by atoms with Gasteiger partial charge in [-0.05, 0) is 87.4 Å². The van der Waals surface area contributed by atoms with E-state index >= 15 is 0 Å². The SMILES string of the molecule is CC(C)C(=O)N1CCC2(CCC(CN(C)CCCn3ccc(C(C)C)cc3=O)CC2)CC1. The van der Waals surface area contributed by atoms with E-state index in [0.29, 0.717) is 17.2 Å². The first kappa shape index (κ1) is 25.0. The summed E-state index contributed by atoms with van der Waals surface area (Å²) in [4.78, 5) is 29.1. The van der Waals surface area contributed by atoms with Gasteiger partial charge in [0.25, 0.3) is 5.56 Å². The molecule has 1 amide bonds. The second kappa shape index (κ2) is 11.0. The highest BCUT2D eigenvalue weighted by molar-refractivity contribution is 5.78. The summed E-state index contributed by atoms with van der Waals surface area (Å²) in [6, 6.07) is 3.87. The molecule has 1 aromatic rings. The number of nitrogens with zero attached hydrogens (tertiary/aromatic N) is 3. The van der Waals surface area contributed by atoms with Crippen LogP contribution in [0.3, 0.4) is 0 Å². The Labute approximate surface area is 195 Å². The van der Waals surface area contributed by atoms with E-state index in [0.717, 1.165) is 50.6 Å². The summed E-state index contributed by atoms with van der Waals surface area (Å²) in [5.74, 6) is 1.63. The highest BCUT2D eigenvalue weighted by atomic mass is 16.2. The molecule has 0 radical (unpaired) electrons. The number of carbonyl (C=O) groups is 1.